The van der Waals surface area contributed by atoms with Gasteiger partial charge < -0.3 is 5.73 Å². The zero-order chi connectivity index (χ0) is 14.8. The minimum Gasteiger partial charge on any atom is -0.328 e. The number of likely N-dealkylation sites (tertiary alicyclic amines) is 1. The SMILES string of the molecule is CC(N)C1CCCN(Cc2cccc(C(F)(F)F)c2)C1.Cl. The maximum atomic E-state index is 12.7. The van der Waals surface area contributed by atoms with E-state index in [1.807, 2.05) is 6.92 Å². The van der Waals surface area contributed by atoms with Gasteiger partial charge in [-0.1, -0.05) is 18.2 Å². The molecule has 6 heteroatoms. The summed E-state index contributed by atoms with van der Waals surface area (Å²) < 4.78 is 38.1. The molecule has 1 heterocycles. The van der Waals surface area contributed by atoms with Crippen LogP contribution in [0.5, 0.6) is 0 Å². The van der Waals surface area contributed by atoms with Crippen LogP contribution in [0.4, 0.5) is 13.2 Å². The molecule has 1 aromatic rings. The van der Waals surface area contributed by atoms with Crippen LogP contribution < -0.4 is 5.73 Å². The van der Waals surface area contributed by atoms with E-state index in [0.717, 1.165) is 32.0 Å². The first-order valence-electron chi connectivity index (χ1n) is 7.00. The normalized spacial score (nSPS) is 21.7. The van der Waals surface area contributed by atoms with E-state index in [4.69, 9.17) is 5.73 Å². The van der Waals surface area contributed by atoms with Gasteiger partial charge in [0.1, 0.15) is 0 Å². The van der Waals surface area contributed by atoms with Gasteiger partial charge >= 0.3 is 6.18 Å². The molecule has 1 aliphatic heterocycles. The van der Waals surface area contributed by atoms with Crippen molar-refractivity contribution in [3.05, 3.63) is 35.4 Å². The predicted molar refractivity (Wildman–Crippen MR) is 80.3 cm³/mol. The van der Waals surface area contributed by atoms with E-state index in [9.17, 15) is 13.2 Å². The fourth-order valence-electron chi connectivity index (χ4n) is 2.77. The third kappa shape index (κ3) is 5.16. The quantitative estimate of drug-likeness (QED) is 0.919. The summed E-state index contributed by atoms with van der Waals surface area (Å²) >= 11 is 0. The van der Waals surface area contributed by atoms with Gasteiger partial charge in [0.2, 0.25) is 0 Å². The van der Waals surface area contributed by atoms with Gasteiger partial charge in [-0.15, -0.1) is 12.4 Å². The predicted octanol–water partition coefficient (Wildman–Crippen LogP) is 3.69. The van der Waals surface area contributed by atoms with Crippen LogP contribution in [0, 0.1) is 5.92 Å². The highest BCUT2D eigenvalue weighted by molar-refractivity contribution is 5.85. The van der Waals surface area contributed by atoms with Crippen LogP contribution in [-0.4, -0.2) is 24.0 Å². The van der Waals surface area contributed by atoms with Gasteiger partial charge in [-0.25, -0.2) is 0 Å². The lowest BCUT2D eigenvalue weighted by Gasteiger charge is -2.34. The van der Waals surface area contributed by atoms with E-state index in [2.05, 4.69) is 4.90 Å². The summed E-state index contributed by atoms with van der Waals surface area (Å²) in [6, 6.07) is 5.73. The lowest BCUT2D eigenvalue weighted by Crippen LogP contribution is -2.41. The number of nitrogens with zero attached hydrogens (tertiary/aromatic N) is 1. The van der Waals surface area contributed by atoms with Gasteiger partial charge in [0.25, 0.3) is 0 Å². The number of rotatable bonds is 3. The van der Waals surface area contributed by atoms with Gasteiger partial charge in [-0.05, 0) is 43.9 Å². The molecule has 0 radical (unpaired) electrons. The van der Waals surface area contributed by atoms with Crippen LogP contribution in [0.25, 0.3) is 0 Å². The van der Waals surface area contributed by atoms with E-state index in [1.54, 1.807) is 6.07 Å². The molecular weight excluding hydrogens is 301 g/mol. The summed E-state index contributed by atoms with van der Waals surface area (Å²) in [5.74, 6) is 0.439. The molecule has 1 fully saturated rings. The Labute approximate surface area is 129 Å². The molecule has 0 saturated carbocycles. The number of hydrogen-bond donors (Lipinski definition) is 1. The second-order valence-corrected chi connectivity index (χ2v) is 5.69. The summed E-state index contributed by atoms with van der Waals surface area (Å²) in [5.41, 5.74) is 6.07. The maximum absolute atomic E-state index is 12.7. The smallest absolute Gasteiger partial charge is 0.328 e. The van der Waals surface area contributed by atoms with Crippen LogP contribution in [-0.2, 0) is 12.7 Å². The van der Waals surface area contributed by atoms with Crippen LogP contribution in [0.15, 0.2) is 24.3 Å². The molecule has 0 aromatic heterocycles. The number of nitrogens with two attached hydrogens (primary N) is 1. The molecule has 1 aliphatic rings. The molecule has 0 bridgehead atoms. The first-order chi connectivity index (χ1) is 9.36. The Morgan fingerprint density at radius 3 is 2.71 bits per heavy atom. The summed E-state index contributed by atoms with van der Waals surface area (Å²) in [6.45, 7) is 4.36. The third-order valence-corrected chi connectivity index (χ3v) is 3.95. The van der Waals surface area contributed by atoms with Gasteiger partial charge in [0.05, 0.1) is 5.56 Å². The van der Waals surface area contributed by atoms with Gasteiger partial charge in [0.15, 0.2) is 0 Å². The largest absolute Gasteiger partial charge is 0.416 e. The van der Waals surface area contributed by atoms with Crippen LogP contribution >= 0.6 is 12.4 Å². The number of halogens is 4. The molecule has 0 spiro atoms. The molecule has 1 aromatic carbocycles. The second kappa shape index (κ2) is 7.47. The molecular formula is C15H22ClF3N2. The minimum absolute atomic E-state index is 0. The van der Waals surface area contributed by atoms with Crippen LogP contribution in [0.3, 0.4) is 0 Å². The molecule has 0 amide bonds. The third-order valence-electron chi connectivity index (χ3n) is 3.95. The van der Waals surface area contributed by atoms with Crippen molar-refractivity contribution in [1.82, 2.24) is 4.90 Å². The van der Waals surface area contributed by atoms with E-state index in [-0.39, 0.29) is 18.4 Å². The highest BCUT2D eigenvalue weighted by Gasteiger charge is 2.30. The lowest BCUT2D eigenvalue weighted by atomic mass is 9.92. The maximum Gasteiger partial charge on any atom is 0.416 e. The van der Waals surface area contributed by atoms with Crippen molar-refractivity contribution in [2.45, 2.75) is 38.5 Å². The van der Waals surface area contributed by atoms with Gasteiger partial charge in [-0.3, -0.25) is 4.90 Å². The highest BCUT2D eigenvalue weighted by atomic mass is 35.5. The zero-order valence-corrected chi connectivity index (χ0v) is 12.9. The van der Waals surface area contributed by atoms with Crippen molar-refractivity contribution < 1.29 is 13.2 Å². The van der Waals surface area contributed by atoms with E-state index in [0.29, 0.717) is 18.0 Å². The Balaban J connectivity index is 0.00000220. The molecule has 120 valence electrons. The summed E-state index contributed by atoms with van der Waals surface area (Å²) in [7, 11) is 0. The molecule has 2 nitrogen and oxygen atoms in total. The monoisotopic (exact) mass is 322 g/mol. The fourth-order valence-corrected chi connectivity index (χ4v) is 2.77. The summed E-state index contributed by atoms with van der Waals surface area (Å²) in [6.07, 6.45) is -2.10. The summed E-state index contributed by atoms with van der Waals surface area (Å²) in [5, 5.41) is 0. The Morgan fingerprint density at radius 1 is 1.38 bits per heavy atom. The van der Waals surface area contributed by atoms with Crippen molar-refractivity contribution >= 4 is 12.4 Å². The Morgan fingerprint density at radius 2 is 2.10 bits per heavy atom. The summed E-state index contributed by atoms with van der Waals surface area (Å²) in [4.78, 5) is 2.20. The first kappa shape index (κ1) is 18.3. The molecule has 0 aliphatic carbocycles. The highest BCUT2D eigenvalue weighted by Crippen LogP contribution is 2.30. The average molecular weight is 323 g/mol. The molecule has 2 unspecified atom stereocenters. The topological polar surface area (TPSA) is 29.3 Å². The van der Waals surface area contributed by atoms with Crippen LogP contribution in [0.2, 0.25) is 0 Å². The Hall–Kier alpha value is -0.780. The van der Waals surface area contributed by atoms with E-state index >= 15 is 0 Å². The van der Waals surface area contributed by atoms with Gasteiger partial charge in [-0.2, -0.15) is 13.2 Å². The number of piperidine rings is 1. The van der Waals surface area contributed by atoms with Crippen molar-refractivity contribution in [2.75, 3.05) is 13.1 Å². The number of hydrogen-bond acceptors (Lipinski definition) is 2. The minimum atomic E-state index is -4.27. The van der Waals surface area contributed by atoms with E-state index < -0.39 is 11.7 Å². The first-order valence-corrected chi connectivity index (χ1v) is 7.00. The van der Waals surface area contributed by atoms with E-state index in [1.165, 1.54) is 12.1 Å². The van der Waals surface area contributed by atoms with Crippen molar-refractivity contribution in [2.24, 2.45) is 11.7 Å². The Kier molecular flexibility index (Phi) is 6.50. The Bertz CT molecular complexity index is 449. The van der Waals surface area contributed by atoms with Crippen molar-refractivity contribution in [3.63, 3.8) is 0 Å². The van der Waals surface area contributed by atoms with Crippen molar-refractivity contribution in [3.8, 4) is 0 Å². The molecule has 2 N–H and O–H groups in total. The fraction of sp³-hybridized carbons (Fsp3) is 0.600. The van der Waals surface area contributed by atoms with Crippen molar-refractivity contribution in [1.29, 1.82) is 0 Å². The zero-order valence-electron chi connectivity index (χ0n) is 12.1. The average Bonchev–Trinajstić information content (AvgIpc) is 2.38. The molecule has 21 heavy (non-hydrogen) atoms. The molecule has 1 saturated heterocycles. The molecule has 2 atom stereocenters. The lowest BCUT2D eigenvalue weighted by molar-refractivity contribution is -0.137. The molecule has 2 rings (SSSR count). The van der Waals surface area contributed by atoms with Crippen LogP contribution in [0.1, 0.15) is 30.9 Å². The van der Waals surface area contributed by atoms with Gasteiger partial charge in [0, 0.05) is 19.1 Å². The number of alkyl halides is 3. The number of benzene rings is 1. The standard InChI is InChI=1S/C15H21F3N2.ClH/c1-11(19)13-5-3-7-20(10-13)9-12-4-2-6-14(8-12)15(16,17)18;/h2,4,6,8,11,13H,3,5,7,9-10,19H2,1H3;1H. The second-order valence-electron chi connectivity index (χ2n) is 5.69.